The molecular weight excluding hydrogens is 236 g/mol. The third-order valence-corrected chi connectivity index (χ3v) is 4.44. The number of rotatable bonds is 5. The van der Waals surface area contributed by atoms with Gasteiger partial charge in [0.1, 0.15) is 5.75 Å². The van der Waals surface area contributed by atoms with Crippen LogP contribution in [0.5, 0.6) is 5.75 Å². The van der Waals surface area contributed by atoms with Gasteiger partial charge in [-0.05, 0) is 32.9 Å². The first-order valence-corrected chi connectivity index (χ1v) is 7.43. The molecule has 2 unspecified atom stereocenters. The van der Waals surface area contributed by atoms with Crippen molar-refractivity contribution >= 4 is 0 Å². The quantitative estimate of drug-likeness (QED) is 0.880. The van der Waals surface area contributed by atoms with Gasteiger partial charge in [-0.2, -0.15) is 0 Å². The molecule has 1 N–H and O–H groups in total. The van der Waals surface area contributed by atoms with Crippen molar-refractivity contribution in [2.45, 2.75) is 44.3 Å². The Morgan fingerprint density at radius 3 is 2.89 bits per heavy atom. The van der Waals surface area contributed by atoms with Crippen molar-refractivity contribution in [1.82, 2.24) is 10.2 Å². The molecule has 1 aliphatic carbocycles. The predicted molar refractivity (Wildman–Crippen MR) is 77.5 cm³/mol. The van der Waals surface area contributed by atoms with Gasteiger partial charge in [-0.3, -0.25) is 4.90 Å². The Kier molecular flexibility index (Phi) is 3.76. The molecule has 1 saturated carbocycles. The molecule has 1 aliphatic heterocycles. The van der Waals surface area contributed by atoms with Crippen molar-refractivity contribution in [2.24, 2.45) is 0 Å². The van der Waals surface area contributed by atoms with Gasteiger partial charge in [0, 0.05) is 36.7 Å². The summed E-state index contributed by atoms with van der Waals surface area (Å²) >= 11 is 0. The molecule has 2 atom stereocenters. The Labute approximate surface area is 115 Å². The van der Waals surface area contributed by atoms with E-state index in [2.05, 4.69) is 42.4 Å². The Hall–Kier alpha value is -1.06. The molecule has 2 aliphatic rings. The van der Waals surface area contributed by atoms with Crippen LogP contribution in [-0.4, -0.2) is 37.2 Å². The van der Waals surface area contributed by atoms with E-state index in [9.17, 15) is 0 Å². The summed E-state index contributed by atoms with van der Waals surface area (Å²) in [6.45, 7) is 4.18. The number of hydrogen-bond acceptors (Lipinski definition) is 3. The summed E-state index contributed by atoms with van der Waals surface area (Å²) in [5.74, 6) is 1.05. The van der Waals surface area contributed by atoms with E-state index in [1.54, 1.807) is 0 Å². The number of likely N-dealkylation sites (N-methyl/N-ethyl adjacent to an activating group) is 1. The van der Waals surface area contributed by atoms with E-state index in [0.717, 1.165) is 31.4 Å². The van der Waals surface area contributed by atoms with E-state index < -0.39 is 0 Å². The molecule has 19 heavy (non-hydrogen) atoms. The van der Waals surface area contributed by atoms with Crippen molar-refractivity contribution in [2.75, 3.05) is 20.2 Å². The molecule has 0 aromatic heterocycles. The molecule has 1 heterocycles. The first-order valence-electron chi connectivity index (χ1n) is 7.43. The number of nitrogens with zero attached hydrogens (tertiary/aromatic N) is 1. The molecule has 0 spiro atoms. The summed E-state index contributed by atoms with van der Waals surface area (Å²) < 4.78 is 5.71. The third kappa shape index (κ3) is 2.93. The molecule has 1 fully saturated rings. The van der Waals surface area contributed by atoms with Gasteiger partial charge in [0.25, 0.3) is 0 Å². The molecule has 1 aromatic carbocycles. The standard InChI is InChI=1S/C16H24N2O/c1-12(18(2)13-7-8-13)11-17-15-9-10-19-16-6-4-3-5-14(15)16/h3-6,12-13,15,17H,7-11H2,1-2H3. The normalized spacial score (nSPS) is 23.8. The zero-order valence-electron chi connectivity index (χ0n) is 11.9. The van der Waals surface area contributed by atoms with E-state index in [4.69, 9.17) is 4.74 Å². The Balaban J connectivity index is 1.58. The molecule has 1 aromatic rings. The van der Waals surface area contributed by atoms with E-state index in [-0.39, 0.29) is 0 Å². The minimum absolute atomic E-state index is 0.444. The lowest BCUT2D eigenvalue weighted by Crippen LogP contribution is -2.41. The lowest BCUT2D eigenvalue weighted by molar-refractivity contribution is 0.216. The summed E-state index contributed by atoms with van der Waals surface area (Å²) in [6, 6.07) is 10.3. The van der Waals surface area contributed by atoms with Crippen molar-refractivity contribution < 1.29 is 4.74 Å². The number of nitrogens with one attached hydrogen (secondary N) is 1. The first-order chi connectivity index (χ1) is 9.25. The van der Waals surface area contributed by atoms with E-state index in [0.29, 0.717) is 12.1 Å². The summed E-state index contributed by atoms with van der Waals surface area (Å²) in [5, 5.41) is 3.72. The van der Waals surface area contributed by atoms with Crippen molar-refractivity contribution in [3.63, 3.8) is 0 Å². The second kappa shape index (κ2) is 5.51. The monoisotopic (exact) mass is 260 g/mol. The van der Waals surface area contributed by atoms with Crippen LogP contribution in [-0.2, 0) is 0 Å². The van der Waals surface area contributed by atoms with E-state index in [1.165, 1.54) is 18.4 Å². The Morgan fingerprint density at radius 1 is 1.32 bits per heavy atom. The van der Waals surface area contributed by atoms with Crippen LogP contribution in [0.15, 0.2) is 24.3 Å². The van der Waals surface area contributed by atoms with E-state index in [1.807, 2.05) is 6.07 Å². The SMILES string of the molecule is CC(CNC1CCOc2ccccc21)N(C)C1CC1. The van der Waals surface area contributed by atoms with E-state index >= 15 is 0 Å². The second-order valence-corrected chi connectivity index (χ2v) is 5.88. The highest BCUT2D eigenvalue weighted by atomic mass is 16.5. The fourth-order valence-corrected chi connectivity index (χ4v) is 2.85. The topological polar surface area (TPSA) is 24.5 Å². The number of para-hydroxylation sites is 1. The maximum Gasteiger partial charge on any atom is 0.124 e. The van der Waals surface area contributed by atoms with Gasteiger partial charge < -0.3 is 10.1 Å². The van der Waals surface area contributed by atoms with Crippen LogP contribution >= 0.6 is 0 Å². The van der Waals surface area contributed by atoms with Gasteiger partial charge in [0.05, 0.1) is 6.61 Å². The zero-order valence-corrected chi connectivity index (χ0v) is 11.9. The highest BCUT2D eigenvalue weighted by Gasteiger charge is 2.29. The van der Waals surface area contributed by atoms with Gasteiger partial charge in [-0.1, -0.05) is 18.2 Å². The summed E-state index contributed by atoms with van der Waals surface area (Å²) in [6.07, 6.45) is 3.82. The summed E-state index contributed by atoms with van der Waals surface area (Å²) in [4.78, 5) is 2.51. The lowest BCUT2D eigenvalue weighted by Gasteiger charge is -2.30. The summed E-state index contributed by atoms with van der Waals surface area (Å²) in [7, 11) is 2.25. The molecule has 0 bridgehead atoms. The highest BCUT2D eigenvalue weighted by molar-refractivity contribution is 5.37. The number of ether oxygens (including phenoxy) is 1. The fourth-order valence-electron chi connectivity index (χ4n) is 2.85. The number of hydrogen-bond donors (Lipinski definition) is 1. The smallest absolute Gasteiger partial charge is 0.124 e. The van der Waals surface area contributed by atoms with Crippen LogP contribution in [0.4, 0.5) is 0 Å². The van der Waals surface area contributed by atoms with Crippen molar-refractivity contribution in [3.05, 3.63) is 29.8 Å². The molecule has 0 saturated heterocycles. The van der Waals surface area contributed by atoms with Crippen molar-refractivity contribution in [1.29, 1.82) is 0 Å². The molecule has 3 rings (SSSR count). The maximum absolute atomic E-state index is 5.71. The zero-order chi connectivity index (χ0) is 13.2. The molecule has 0 radical (unpaired) electrons. The van der Waals surface area contributed by atoms with Crippen LogP contribution < -0.4 is 10.1 Å². The van der Waals surface area contributed by atoms with Gasteiger partial charge in [-0.15, -0.1) is 0 Å². The lowest BCUT2D eigenvalue weighted by atomic mass is 10.0. The Bertz CT molecular complexity index is 431. The number of benzene rings is 1. The van der Waals surface area contributed by atoms with Crippen LogP contribution in [0.1, 0.15) is 37.8 Å². The molecule has 3 heteroatoms. The fraction of sp³-hybridized carbons (Fsp3) is 0.625. The minimum atomic E-state index is 0.444. The molecular formula is C16H24N2O. The van der Waals surface area contributed by atoms with Crippen LogP contribution in [0.2, 0.25) is 0 Å². The third-order valence-electron chi connectivity index (χ3n) is 4.44. The largest absolute Gasteiger partial charge is 0.493 e. The Morgan fingerprint density at radius 2 is 2.11 bits per heavy atom. The van der Waals surface area contributed by atoms with Gasteiger partial charge >= 0.3 is 0 Å². The van der Waals surface area contributed by atoms with Crippen LogP contribution in [0, 0.1) is 0 Å². The van der Waals surface area contributed by atoms with Gasteiger partial charge in [0.2, 0.25) is 0 Å². The average Bonchev–Trinajstić information content (AvgIpc) is 3.28. The first kappa shape index (κ1) is 12.9. The average molecular weight is 260 g/mol. The maximum atomic E-state index is 5.71. The molecule has 104 valence electrons. The highest BCUT2D eigenvalue weighted by Crippen LogP contribution is 2.32. The summed E-state index contributed by atoms with van der Waals surface area (Å²) in [5.41, 5.74) is 1.31. The van der Waals surface area contributed by atoms with Crippen LogP contribution in [0.3, 0.4) is 0 Å². The van der Waals surface area contributed by atoms with Gasteiger partial charge in [-0.25, -0.2) is 0 Å². The van der Waals surface area contributed by atoms with Crippen LogP contribution in [0.25, 0.3) is 0 Å². The number of fused-ring (bicyclic) bond motifs is 1. The van der Waals surface area contributed by atoms with Crippen molar-refractivity contribution in [3.8, 4) is 5.75 Å². The predicted octanol–water partition coefficient (Wildman–Crippen LogP) is 2.58. The van der Waals surface area contributed by atoms with Gasteiger partial charge in [0.15, 0.2) is 0 Å². The molecule has 0 amide bonds. The molecule has 3 nitrogen and oxygen atoms in total. The minimum Gasteiger partial charge on any atom is -0.493 e. The second-order valence-electron chi connectivity index (χ2n) is 5.88.